The summed E-state index contributed by atoms with van der Waals surface area (Å²) in [5.74, 6) is 0. The van der Waals surface area contributed by atoms with Gasteiger partial charge in [-0.3, -0.25) is 0 Å². The van der Waals surface area contributed by atoms with E-state index in [-0.39, 0.29) is 12.1 Å². The third kappa shape index (κ3) is 3.70. The number of urea groups is 1. The topological polar surface area (TPSA) is 53.2 Å². The molecule has 3 N–H and O–H groups in total. The second-order valence-corrected chi connectivity index (χ2v) is 4.81. The Bertz CT molecular complexity index is 224. The highest BCUT2D eigenvalue weighted by Crippen LogP contribution is 2.18. The molecule has 0 spiro atoms. The van der Waals surface area contributed by atoms with Gasteiger partial charge in [-0.15, -0.1) is 0 Å². The largest absolute Gasteiger partial charge is 0.336 e. The first-order chi connectivity index (χ1) is 7.24. The minimum absolute atomic E-state index is 0.00608. The van der Waals surface area contributed by atoms with Gasteiger partial charge >= 0.3 is 6.03 Å². The minimum atomic E-state index is 0.00608. The molecule has 2 fully saturated rings. The predicted molar refractivity (Wildman–Crippen MR) is 59.8 cm³/mol. The Morgan fingerprint density at radius 2 is 2.20 bits per heavy atom. The third-order valence-corrected chi connectivity index (χ3v) is 3.16. The first-order valence-corrected chi connectivity index (χ1v) is 6.04. The number of nitrogens with one attached hydrogen (secondary N) is 3. The average molecular weight is 211 g/mol. The van der Waals surface area contributed by atoms with Gasteiger partial charge in [-0.2, -0.15) is 0 Å². The van der Waals surface area contributed by atoms with Gasteiger partial charge in [-0.1, -0.05) is 0 Å². The van der Waals surface area contributed by atoms with Gasteiger partial charge in [0.25, 0.3) is 0 Å². The number of amides is 2. The van der Waals surface area contributed by atoms with Crippen molar-refractivity contribution in [3.8, 4) is 0 Å². The fourth-order valence-electron chi connectivity index (χ4n) is 1.80. The maximum absolute atomic E-state index is 11.4. The van der Waals surface area contributed by atoms with Crippen molar-refractivity contribution in [2.24, 2.45) is 0 Å². The molecule has 1 aliphatic heterocycles. The molecule has 2 amide bonds. The summed E-state index contributed by atoms with van der Waals surface area (Å²) in [4.78, 5) is 11.4. The molecule has 0 radical (unpaired) electrons. The number of carbonyl (C=O) groups excluding carboxylic acids is 1. The van der Waals surface area contributed by atoms with Gasteiger partial charge in [-0.25, -0.2) is 4.79 Å². The molecule has 4 nitrogen and oxygen atoms in total. The minimum Gasteiger partial charge on any atom is -0.336 e. The molecule has 2 atom stereocenters. The van der Waals surface area contributed by atoms with Crippen molar-refractivity contribution < 1.29 is 4.79 Å². The predicted octanol–water partition coefficient (Wildman–Crippen LogP) is 0.979. The molecule has 2 unspecified atom stereocenters. The molecule has 1 saturated carbocycles. The third-order valence-electron chi connectivity index (χ3n) is 3.16. The monoisotopic (exact) mass is 211 g/mol. The molecule has 1 saturated heterocycles. The Kier molecular flexibility index (Phi) is 3.46. The van der Waals surface area contributed by atoms with Crippen LogP contribution in [0.1, 0.15) is 39.0 Å². The van der Waals surface area contributed by atoms with Crippen molar-refractivity contribution in [1.29, 1.82) is 0 Å². The maximum Gasteiger partial charge on any atom is 0.315 e. The lowest BCUT2D eigenvalue weighted by Gasteiger charge is -2.28. The van der Waals surface area contributed by atoms with E-state index in [2.05, 4.69) is 22.9 Å². The average Bonchev–Trinajstić information content (AvgIpc) is 2.84. The van der Waals surface area contributed by atoms with Crippen LogP contribution in [0.25, 0.3) is 0 Å². The van der Waals surface area contributed by atoms with Gasteiger partial charge in [0.2, 0.25) is 0 Å². The van der Waals surface area contributed by atoms with E-state index in [0.717, 1.165) is 25.8 Å². The van der Waals surface area contributed by atoms with Gasteiger partial charge < -0.3 is 16.0 Å². The zero-order valence-corrected chi connectivity index (χ0v) is 9.38. The van der Waals surface area contributed by atoms with Crippen LogP contribution in [-0.2, 0) is 0 Å². The van der Waals surface area contributed by atoms with Crippen LogP contribution in [0, 0.1) is 0 Å². The van der Waals surface area contributed by atoms with Crippen LogP contribution in [0.5, 0.6) is 0 Å². The molecular formula is C11H21N3O. The van der Waals surface area contributed by atoms with E-state index in [1.165, 1.54) is 12.8 Å². The molecular weight excluding hydrogens is 190 g/mol. The summed E-state index contributed by atoms with van der Waals surface area (Å²) in [5.41, 5.74) is 0. The van der Waals surface area contributed by atoms with Crippen LogP contribution in [0.4, 0.5) is 4.79 Å². The summed E-state index contributed by atoms with van der Waals surface area (Å²) in [6.45, 7) is 3.24. The summed E-state index contributed by atoms with van der Waals surface area (Å²) in [5, 5.41) is 9.28. The van der Waals surface area contributed by atoms with Crippen molar-refractivity contribution in [3.63, 3.8) is 0 Å². The van der Waals surface area contributed by atoms with Gasteiger partial charge in [-0.05, 0) is 45.6 Å². The fourth-order valence-corrected chi connectivity index (χ4v) is 1.80. The molecule has 1 aliphatic carbocycles. The standard InChI is InChI=1S/C11H21N3O/c1-8(2-3-9-6-7-12-9)13-11(15)14-10-4-5-10/h8-10,12H,2-7H2,1H3,(H2,13,14,15). The van der Waals surface area contributed by atoms with Crippen LogP contribution >= 0.6 is 0 Å². The number of rotatable bonds is 5. The summed E-state index contributed by atoms with van der Waals surface area (Å²) in [6, 6.07) is 1.43. The Labute approximate surface area is 91.2 Å². The van der Waals surface area contributed by atoms with E-state index in [1.54, 1.807) is 0 Å². The summed E-state index contributed by atoms with van der Waals surface area (Å²) in [6.07, 6.45) is 5.82. The fraction of sp³-hybridized carbons (Fsp3) is 0.909. The SMILES string of the molecule is CC(CCC1CCN1)NC(=O)NC1CC1. The van der Waals surface area contributed by atoms with Crippen molar-refractivity contribution in [1.82, 2.24) is 16.0 Å². The van der Waals surface area contributed by atoms with Gasteiger partial charge in [0.1, 0.15) is 0 Å². The first-order valence-electron chi connectivity index (χ1n) is 6.04. The van der Waals surface area contributed by atoms with E-state index in [9.17, 15) is 4.79 Å². The van der Waals surface area contributed by atoms with Crippen molar-refractivity contribution >= 4 is 6.03 Å². The molecule has 0 aromatic rings. The van der Waals surface area contributed by atoms with Crippen LogP contribution in [0.15, 0.2) is 0 Å². The Morgan fingerprint density at radius 3 is 2.73 bits per heavy atom. The Balaban J connectivity index is 1.53. The Morgan fingerprint density at radius 1 is 1.47 bits per heavy atom. The molecule has 0 bridgehead atoms. The molecule has 0 aromatic carbocycles. The van der Waals surface area contributed by atoms with Crippen LogP contribution in [0.3, 0.4) is 0 Å². The molecule has 2 rings (SSSR count). The summed E-state index contributed by atoms with van der Waals surface area (Å²) < 4.78 is 0. The van der Waals surface area contributed by atoms with E-state index in [1.807, 2.05) is 0 Å². The molecule has 15 heavy (non-hydrogen) atoms. The number of hydrogen-bond acceptors (Lipinski definition) is 2. The second kappa shape index (κ2) is 4.84. The van der Waals surface area contributed by atoms with Crippen molar-refractivity contribution in [3.05, 3.63) is 0 Å². The maximum atomic E-state index is 11.4. The molecule has 4 heteroatoms. The van der Waals surface area contributed by atoms with Gasteiger partial charge in [0.05, 0.1) is 0 Å². The smallest absolute Gasteiger partial charge is 0.315 e. The lowest BCUT2D eigenvalue weighted by Crippen LogP contribution is -2.45. The zero-order chi connectivity index (χ0) is 10.7. The number of hydrogen-bond donors (Lipinski definition) is 3. The highest BCUT2D eigenvalue weighted by atomic mass is 16.2. The summed E-state index contributed by atoms with van der Waals surface area (Å²) in [7, 11) is 0. The van der Waals surface area contributed by atoms with E-state index in [0.29, 0.717) is 12.1 Å². The van der Waals surface area contributed by atoms with E-state index in [4.69, 9.17) is 0 Å². The normalized spacial score (nSPS) is 26.6. The second-order valence-electron chi connectivity index (χ2n) is 4.81. The van der Waals surface area contributed by atoms with E-state index < -0.39 is 0 Å². The lowest BCUT2D eigenvalue weighted by atomic mass is 9.99. The molecule has 1 heterocycles. The number of carbonyl (C=O) groups is 1. The summed E-state index contributed by atoms with van der Waals surface area (Å²) >= 11 is 0. The lowest BCUT2D eigenvalue weighted by molar-refractivity contribution is 0.235. The van der Waals surface area contributed by atoms with Crippen molar-refractivity contribution in [2.75, 3.05) is 6.54 Å². The quantitative estimate of drug-likeness (QED) is 0.635. The van der Waals surface area contributed by atoms with Crippen LogP contribution in [-0.4, -0.2) is 30.7 Å². The Hall–Kier alpha value is -0.770. The molecule has 0 aromatic heterocycles. The van der Waals surface area contributed by atoms with Crippen LogP contribution in [0.2, 0.25) is 0 Å². The molecule has 2 aliphatic rings. The van der Waals surface area contributed by atoms with Gasteiger partial charge in [0.15, 0.2) is 0 Å². The van der Waals surface area contributed by atoms with Gasteiger partial charge in [0, 0.05) is 18.1 Å². The van der Waals surface area contributed by atoms with E-state index >= 15 is 0 Å². The van der Waals surface area contributed by atoms with Crippen molar-refractivity contribution in [2.45, 2.75) is 57.2 Å². The first kappa shape index (κ1) is 10.7. The highest BCUT2D eigenvalue weighted by Gasteiger charge is 2.24. The van der Waals surface area contributed by atoms with Crippen LogP contribution < -0.4 is 16.0 Å². The molecule has 86 valence electrons. The zero-order valence-electron chi connectivity index (χ0n) is 9.38. The highest BCUT2D eigenvalue weighted by molar-refractivity contribution is 5.74.